The van der Waals surface area contributed by atoms with Gasteiger partial charge in [-0.3, -0.25) is 4.99 Å². The second-order valence-electron chi connectivity index (χ2n) is 7.88. The summed E-state index contributed by atoms with van der Waals surface area (Å²) in [5, 5.41) is 23.8. The van der Waals surface area contributed by atoms with E-state index in [0.29, 0.717) is 17.9 Å². The maximum atomic E-state index is 10.6. The lowest BCUT2D eigenvalue weighted by atomic mass is 10.0. The zero-order valence-electron chi connectivity index (χ0n) is 18.5. The molecule has 0 saturated heterocycles. The molecule has 0 aliphatic carbocycles. The van der Waals surface area contributed by atoms with Crippen LogP contribution in [0.1, 0.15) is 29.7 Å². The molecule has 0 aliphatic rings. The van der Waals surface area contributed by atoms with Gasteiger partial charge in [0, 0.05) is 18.3 Å². The SMILES string of the molecule is C[C@@H](N=CNc1c(C#N)c(-c2ccccc2)cn1Cc1ccccc1)[C@@H](O)c1ccccc1. The molecule has 164 valence electrons. The van der Waals surface area contributed by atoms with Gasteiger partial charge < -0.3 is 15.0 Å². The van der Waals surface area contributed by atoms with Crippen LogP contribution >= 0.6 is 0 Å². The molecule has 0 amide bonds. The summed E-state index contributed by atoms with van der Waals surface area (Å²) < 4.78 is 2.03. The molecule has 4 rings (SSSR count). The van der Waals surface area contributed by atoms with Gasteiger partial charge in [0.15, 0.2) is 0 Å². The van der Waals surface area contributed by atoms with Crippen molar-refractivity contribution >= 4 is 12.2 Å². The fourth-order valence-corrected chi connectivity index (χ4v) is 3.79. The molecule has 0 unspecified atom stereocenters. The molecule has 0 aliphatic heterocycles. The summed E-state index contributed by atoms with van der Waals surface area (Å²) in [5.74, 6) is 0.672. The van der Waals surface area contributed by atoms with Gasteiger partial charge in [0.25, 0.3) is 0 Å². The molecule has 1 heterocycles. The summed E-state index contributed by atoms with van der Waals surface area (Å²) in [6.45, 7) is 2.47. The number of nitrogens with one attached hydrogen (secondary N) is 1. The number of aromatic nitrogens is 1. The number of rotatable bonds is 8. The lowest BCUT2D eigenvalue weighted by molar-refractivity contribution is 0.154. The number of hydrogen-bond acceptors (Lipinski definition) is 3. The van der Waals surface area contributed by atoms with Gasteiger partial charge in [0.1, 0.15) is 23.6 Å². The van der Waals surface area contributed by atoms with E-state index in [1.807, 2.05) is 96.6 Å². The summed E-state index contributed by atoms with van der Waals surface area (Å²) in [6, 6.07) is 31.5. The zero-order chi connectivity index (χ0) is 23.0. The average molecular weight is 435 g/mol. The number of aliphatic imine (C=N–C) groups is 1. The predicted molar refractivity (Wildman–Crippen MR) is 133 cm³/mol. The quantitative estimate of drug-likeness (QED) is 0.278. The minimum Gasteiger partial charge on any atom is -0.386 e. The van der Waals surface area contributed by atoms with E-state index in [1.165, 1.54) is 0 Å². The van der Waals surface area contributed by atoms with Crippen LogP contribution in [0, 0.1) is 11.3 Å². The molecule has 3 aromatic carbocycles. The van der Waals surface area contributed by atoms with Crippen molar-refractivity contribution in [2.45, 2.75) is 25.6 Å². The van der Waals surface area contributed by atoms with Crippen LogP contribution in [0.2, 0.25) is 0 Å². The molecule has 2 atom stereocenters. The van der Waals surface area contributed by atoms with Crippen LogP contribution in [-0.2, 0) is 6.54 Å². The summed E-state index contributed by atoms with van der Waals surface area (Å²) >= 11 is 0. The van der Waals surface area contributed by atoms with Gasteiger partial charge in [0.2, 0.25) is 0 Å². The van der Waals surface area contributed by atoms with E-state index >= 15 is 0 Å². The Labute approximate surface area is 194 Å². The molecule has 0 fully saturated rings. The number of aliphatic hydroxyl groups excluding tert-OH is 1. The van der Waals surface area contributed by atoms with Crippen molar-refractivity contribution in [3.05, 3.63) is 114 Å². The summed E-state index contributed by atoms with van der Waals surface area (Å²) in [6.07, 6.45) is 2.86. The molecule has 1 aromatic heterocycles. The Morgan fingerprint density at radius 2 is 1.58 bits per heavy atom. The number of hydrogen-bond donors (Lipinski definition) is 2. The molecule has 0 bridgehead atoms. The summed E-state index contributed by atoms with van der Waals surface area (Å²) in [7, 11) is 0. The van der Waals surface area contributed by atoms with Gasteiger partial charge in [-0.05, 0) is 23.6 Å². The van der Waals surface area contributed by atoms with Crippen molar-refractivity contribution in [2.75, 3.05) is 5.32 Å². The van der Waals surface area contributed by atoms with E-state index < -0.39 is 6.10 Å². The van der Waals surface area contributed by atoms with E-state index in [4.69, 9.17) is 0 Å². The molecule has 2 N–H and O–H groups in total. The van der Waals surface area contributed by atoms with Crippen molar-refractivity contribution in [3.8, 4) is 17.2 Å². The van der Waals surface area contributed by atoms with Crippen LogP contribution in [0.25, 0.3) is 11.1 Å². The highest BCUT2D eigenvalue weighted by Gasteiger charge is 2.18. The maximum Gasteiger partial charge on any atom is 0.130 e. The van der Waals surface area contributed by atoms with Crippen molar-refractivity contribution in [1.82, 2.24) is 4.57 Å². The van der Waals surface area contributed by atoms with Crippen LogP contribution in [0.15, 0.2) is 102 Å². The number of anilines is 1. The van der Waals surface area contributed by atoms with Crippen LogP contribution in [0.5, 0.6) is 0 Å². The van der Waals surface area contributed by atoms with Gasteiger partial charge in [-0.2, -0.15) is 5.26 Å². The van der Waals surface area contributed by atoms with E-state index in [2.05, 4.69) is 28.5 Å². The zero-order valence-corrected chi connectivity index (χ0v) is 18.5. The summed E-state index contributed by atoms with van der Waals surface area (Å²) in [4.78, 5) is 4.49. The first-order chi connectivity index (χ1) is 16.2. The Hall–Kier alpha value is -4.14. The van der Waals surface area contributed by atoms with E-state index in [9.17, 15) is 10.4 Å². The Kier molecular flexibility index (Phi) is 6.99. The molecule has 5 nitrogen and oxygen atoms in total. The molecular weight excluding hydrogens is 408 g/mol. The summed E-state index contributed by atoms with van der Waals surface area (Å²) in [5.41, 5.74) is 4.35. The third-order valence-corrected chi connectivity index (χ3v) is 5.58. The average Bonchev–Trinajstić information content (AvgIpc) is 3.22. The Morgan fingerprint density at radius 1 is 0.970 bits per heavy atom. The lowest BCUT2D eigenvalue weighted by Crippen LogP contribution is -2.14. The first-order valence-electron chi connectivity index (χ1n) is 10.9. The molecule has 5 heteroatoms. The minimum absolute atomic E-state index is 0.350. The highest BCUT2D eigenvalue weighted by atomic mass is 16.3. The lowest BCUT2D eigenvalue weighted by Gasteiger charge is -2.15. The fourth-order valence-electron chi connectivity index (χ4n) is 3.79. The second kappa shape index (κ2) is 10.4. The van der Waals surface area contributed by atoms with E-state index in [0.717, 1.165) is 22.3 Å². The third kappa shape index (κ3) is 5.20. The Morgan fingerprint density at radius 3 is 2.21 bits per heavy atom. The molecule has 0 saturated carbocycles. The highest BCUT2D eigenvalue weighted by Crippen LogP contribution is 2.31. The second-order valence-corrected chi connectivity index (χ2v) is 7.88. The molecule has 33 heavy (non-hydrogen) atoms. The van der Waals surface area contributed by atoms with Crippen molar-refractivity contribution in [1.29, 1.82) is 5.26 Å². The van der Waals surface area contributed by atoms with Gasteiger partial charge in [0.05, 0.1) is 12.4 Å². The monoisotopic (exact) mass is 434 g/mol. The van der Waals surface area contributed by atoms with Crippen LogP contribution < -0.4 is 5.32 Å². The Bertz CT molecular complexity index is 1240. The van der Waals surface area contributed by atoms with Crippen molar-refractivity contribution in [2.24, 2.45) is 4.99 Å². The van der Waals surface area contributed by atoms with Crippen LogP contribution in [0.4, 0.5) is 5.82 Å². The van der Waals surface area contributed by atoms with Gasteiger partial charge >= 0.3 is 0 Å². The number of aliphatic hydroxyl groups is 1. The maximum absolute atomic E-state index is 10.6. The minimum atomic E-state index is -0.712. The molecule has 4 aromatic rings. The standard InChI is InChI=1S/C28H26N4O/c1-21(27(33)24-15-9-4-10-16-24)30-20-31-28-25(17-29)26(23-13-7-3-8-14-23)19-32(28)18-22-11-5-2-6-12-22/h2-16,19-21,27,33H,18H2,1H3,(H,30,31)/t21-,27-/m1/s1. The Balaban J connectivity index is 1.63. The first-order valence-corrected chi connectivity index (χ1v) is 10.9. The van der Waals surface area contributed by atoms with E-state index in [1.54, 1.807) is 6.34 Å². The van der Waals surface area contributed by atoms with Gasteiger partial charge in [-0.1, -0.05) is 91.0 Å². The smallest absolute Gasteiger partial charge is 0.130 e. The largest absolute Gasteiger partial charge is 0.386 e. The van der Waals surface area contributed by atoms with Crippen LogP contribution in [-0.4, -0.2) is 22.1 Å². The first kappa shape index (κ1) is 22.1. The number of nitrogens with zero attached hydrogens (tertiary/aromatic N) is 3. The van der Waals surface area contributed by atoms with Gasteiger partial charge in [-0.15, -0.1) is 0 Å². The molecule has 0 spiro atoms. The van der Waals surface area contributed by atoms with E-state index in [-0.39, 0.29) is 6.04 Å². The number of nitriles is 1. The topological polar surface area (TPSA) is 73.3 Å². The normalized spacial score (nSPS) is 12.9. The van der Waals surface area contributed by atoms with Crippen molar-refractivity contribution < 1.29 is 5.11 Å². The fraction of sp³-hybridized carbons (Fsp3) is 0.143. The van der Waals surface area contributed by atoms with Crippen LogP contribution in [0.3, 0.4) is 0 Å². The van der Waals surface area contributed by atoms with Crippen molar-refractivity contribution in [3.63, 3.8) is 0 Å². The highest BCUT2D eigenvalue weighted by molar-refractivity contribution is 5.84. The number of benzene rings is 3. The molecular formula is C28H26N4O. The van der Waals surface area contributed by atoms with Gasteiger partial charge in [-0.25, -0.2) is 0 Å². The molecule has 0 radical (unpaired) electrons. The predicted octanol–water partition coefficient (Wildman–Crippen LogP) is 5.64. The third-order valence-electron chi connectivity index (χ3n) is 5.58.